The van der Waals surface area contributed by atoms with Crippen LogP contribution in [0, 0.1) is 5.41 Å². The molecule has 2 saturated heterocycles. The molecule has 0 spiro atoms. The number of amides is 2. The summed E-state index contributed by atoms with van der Waals surface area (Å²) in [6.07, 6.45) is 0.676. The van der Waals surface area contributed by atoms with Crippen LogP contribution in [0.25, 0.3) is 0 Å². The highest BCUT2D eigenvalue weighted by molar-refractivity contribution is 5.69. The van der Waals surface area contributed by atoms with Gasteiger partial charge in [-0.05, 0) is 75.4 Å². The fourth-order valence-electron chi connectivity index (χ4n) is 5.80. The number of anilines is 2. The Hall–Kier alpha value is -3.50. The molecule has 44 heavy (non-hydrogen) atoms. The third kappa shape index (κ3) is 9.75. The topological polar surface area (TPSA) is 129 Å². The first-order chi connectivity index (χ1) is 20.7. The Morgan fingerprint density at radius 1 is 0.773 bits per heavy atom. The van der Waals surface area contributed by atoms with Gasteiger partial charge < -0.3 is 40.9 Å². The van der Waals surface area contributed by atoms with Crippen LogP contribution in [0.3, 0.4) is 0 Å². The van der Waals surface area contributed by atoms with Crippen LogP contribution in [-0.2, 0) is 17.6 Å². The van der Waals surface area contributed by atoms with Gasteiger partial charge in [-0.15, -0.1) is 0 Å². The average molecular weight is 611 g/mol. The number of carbonyl (C=O) groups excluding carboxylic acids is 1. The number of nitrogens with zero attached hydrogens (tertiary/aromatic N) is 4. The number of hydrogen-bond acceptors (Lipinski definition) is 7. The molecule has 2 heterocycles. The predicted octanol–water partition coefficient (Wildman–Crippen LogP) is 4.65. The van der Waals surface area contributed by atoms with E-state index >= 15 is 0 Å². The molecule has 5 N–H and O–H groups in total. The Balaban J connectivity index is 0.000000240. The van der Waals surface area contributed by atoms with Crippen LogP contribution < -0.4 is 21.3 Å². The van der Waals surface area contributed by atoms with E-state index in [-0.39, 0.29) is 17.6 Å². The summed E-state index contributed by atoms with van der Waals surface area (Å²) in [4.78, 5) is 31.6. The number of carboxylic acid groups (broad SMARTS) is 1. The van der Waals surface area contributed by atoms with E-state index in [1.807, 2.05) is 39.0 Å². The Morgan fingerprint density at radius 2 is 1.25 bits per heavy atom. The second kappa shape index (κ2) is 15.5. The minimum absolute atomic E-state index is 0.0234. The van der Waals surface area contributed by atoms with Gasteiger partial charge in [-0.3, -0.25) is 0 Å². The van der Waals surface area contributed by atoms with Crippen molar-refractivity contribution in [2.24, 2.45) is 16.9 Å². The summed E-state index contributed by atoms with van der Waals surface area (Å²) >= 11 is 0. The molecule has 0 aromatic heterocycles. The van der Waals surface area contributed by atoms with Crippen LogP contribution in [-0.4, -0.2) is 97.6 Å². The minimum atomic E-state index is -0.824. The van der Waals surface area contributed by atoms with Crippen molar-refractivity contribution >= 4 is 23.6 Å². The Morgan fingerprint density at radius 3 is 1.70 bits per heavy atom. The van der Waals surface area contributed by atoms with Gasteiger partial charge in [0.25, 0.3) is 0 Å². The molecular weight excluding hydrogens is 556 g/mol. The fraction of sp³-hybridized carbons (Fsp3) is 0.588. The summed E-state index contributed by atoms with van der Waals surface area (Å²) in [5.74, 6) is 0. The molecule has 2 aliphatic rings. The Kier molecular flexibility index (Phi) is 12.3. The molecule has 1 unspecified atom stereocenters. The zero-order valence-electron chi connectivity index (χ0n) is 27.6. The summed E-state index contributed by atoms with van der Waals surface area (Å²) in [5, 5.41) is 9.46. The van der Waals surface area contributed by atoms with Crippen molar-refractivity contribution in [2.45, 2.75) is 66.0 Å². The quantitative estimate of drug-likeness (QED) is 0.431. The number of piperazine rings is 2. The number of carbonyl (C=O) groups is 2. The van der Waals surface area contributed by atoms with Crippen molar-refractivity contribution in [3.63, 3.8) is 0 Å². The lowest BCUT2D eigenvalue weighted by molar-refractivity contribution is 0.0240. The first kappa shape index (κ1) is 35.0. The molecule has 0 saturated carbocycles. The molecule has 10 heteroatoms. The van der Waals surface area contributed by atoms with Crippen molar-refractivity contribution < 1.29 is 19.4 Å². The highest BCUT2D eigenvalue weighted by Gasteiger charge is 2.38. The van der Waals surface area contributed by atoms with E-state index in [2.05, 4.69) is 60.9 Å². The zero-order chi connectivity index (χ0) is 32.5. The van der Waals surface area contributed by atoms with Crippen LogP contribution in [0.4, 0.5) is 21.0 Å². The number of benzene rings is 2. The average Bonchev–Trinajstić information content (AvgIpc) is 2.97. The number of ether oxygens (including phenoxy) is 1. The summed E-state index contributed by atoms with van der Waals surface area (Å²) in [6, 6.07) is 16.6. The van der Waals surface area contributed by atoms with E-state index in [1.165, 1.54) is 22.5 Å². The lowest BCUT2D eigenvalue weighted by Gasteiger charge is -2.47. The summed E-state index contributed by atoms with van der Waals surface area (Å²) < 4.78 is 5.43. The van der Waals surface area contributed by atoms with Gasteiger partial charge in [0.1, 0.15) is 5.60 Å². The van der Waals surface area contributed by atoms with Crippen LogP contribution in [0.2, 0.25) is 0 Å². The zero-order valence-corrected chi connectivity index (χ0v) is 27.6. The lowest BCUT2D eigenvalue weighted by Crippen LogP contribution is -2.59. The molecule has 2 aromatic carbocycles. The summed E-state index contributed by atoms with van der Waals surface area (Å²) in [6.45, 7) is 18.2. The Labute approximate surface area is 263 Å². The molecule has 0 radical (unpaired) electrons. The molecule has 2 aromatic rings. The largest absolute Gasteiger partial charge is 0.465 e. The second-order valence-electron chi connectivity index (χ2n) is 13.6. The standard InChI is InChI=1S/2C17H27N3O2/c1-17(2,3)22-16(21)20-12-10-19(11-13-20)15-7-5-4-6-14(15)8-9-18;1-17(2,3)15-12-19(10-11-20(15)16(21)22)14-7-5-4-6-13(14)8-9-18/h4-7H,8-13,18H2,1-3H3;4-7,15H,8-12,18H2,1-3H3,(H,21,22). The van der Waals surface area contributed by atoms with E-state index in [0.29, 0.717) is 32.7 Å². The van der Waals surface area contributed by atoms with Gasteiger partial charge >= 0.3 is 12.2 Å². The van der Waals surface area contributed by atoms with Crippen molar-refractivity contribution in [1.29, 1.82) is 0 Å². The SMILES string of the molecule is CC(C)(C)C1CN(c2ccccc2CCN)CCN1C(=O)O.CC(C)(C)OC(=O)N1CCN(c2ccccc2CCN)CC1. The molecular formula is C34H54N6O4. The molecule has 2 aliphatic heterocycles. The molecule has 2 amide bonds. The minimum Gasteiger partial charge on any atom is -0.465 e. The van der Waals surface area contributed by atoms with Crippen LogP contribution in [0.5, 0.6) is 0 Å². The fourth-order valence-corrected chi connectivity index (χ4v) is 5.80. The number of rotatable bonds is 6. The van der Waals surface area contributed by atoms with E-state index in [4.69, 9.17) is 16.2 Å². The predicted molar refractivity (Wildman–Crippen MR) is 179 cm³/mol. The lowest BCUT2D eigenvalue weighted by atomic mass is 9.84. The van der Waals surface area contributed by atoms with E-state index < -0.39 is 11.7 Å². The monoisotopic (exact) mass is 610 g/mol. The first-order valence-electron chi connectivity index (χ1n) is 15.8. The van der Waals surface area contributed by atoms with Gasteiger partial charge in [0, 0.05) is 57.2 Å². The smallest absolute Gasteiger partial charge is 0.410 e. The van der Waals surface area contributed by atoms with Gasteiger partial charge in [-0.25, -0.2) is 9.59 Å². The van der Waals surface area contributed by atoms with Crippen LogP contribution in [0.1, 0.15) is 52.7 Å². The van der Waals surface area contributed by atoms with Crippen molar-refractivity contribution in [2.75, 3.05) is 68.7 Å². The maximum absolute atomic E-state index is 12.1. The summed E-state index contributed by atoms with van der Waals surface area (Å²) in [7, 11) is 0. The van der Waals surface area contributed by atoms with Crippen molar-refractivity contribution in [1.82, 2.24) is 9.80 Å². The molecule has 0 aliphatic carbocycles. The number of hydrogen-bond donors (Lipinski definition) is 3. The number of para-hydroxylation sites is 2. The maximum atomic E-state index is 12.1. The first-order valence-corrected chi connectivity index (χ1v) is 15.8. The highest BCUT2D eigenvalue weighted by Crippen LogP contribution is 2.31. The van der Waals surface area contributed by atoms with E-state index in [0.717, 1.165) is 39.0 Å². The summed E-state index contributed by atoms with van der Waals surface area (Å²) in [5.41, 5.74) is 15.8. The van der Waals surface area contributed by atoms with Crippen LogP contribution in [0.15, 0.2) is 48.5 Å². The number of nitrogens with two attached hydrogens (primary N) is 2. The highest BCUT2D eigenvalue weighted by atomic mass is 16.6. The van der Waals surface area contributed by atoms with Gasteiger partial charge in [0.2, 0.25) is 0 Å². The van der Waals surface area contributed by atoms with Crippen molar-refractivity contribution in [3.05, 3.63) is 59.7 Å². The molecule has 244 valence electrons. The third-order valence-corrected chi connectivity index (χ3v) is 8.05. The van der Waals surface area contributed by atoms with Gasteiger partial charge in [0.15, 0.2) is 0 Å². The van der Waals surface area contributed by atoms with E-state index in [1.54, 1.807) is 9.80 Å². The third-order valence-electron chi connectivity index (χ3n) is 8.05. The van der Waals surface area contributed by atoms with E-state index in [9.17, 15) is 14.7 Å². The van der Waals surface area contributed by atoms with Gasteiger partial charge in [0.05, 0.1) is 6.04 Å². The molecule has 1 atom stereocenters. The molecule has 10 nitrogen and oxygen atoms in total. The second-order valence-corrected chi connectivity index (χ2v) is 13.6. The van der Waals surface area contributed by atoms with Gasteiger partial charge in [-0.2, -0.15) is 0 Å². The maximum Gasteiger partial charge on any atom is 0.410 e. The molecule has 2 fully saturated rings. The van der Waals surface area contributed by atoms with Crippen molar-refractivity contribution in [3.8, 4) is 0 Å². The normalized spacial score (nSPS) is 17.6. The van der Waals surface area contributed by atoms with Crippen LogP contribution >= 0.6 is 0 Å². The molecule has 0 bridgehead atoms. The van der Waals surface area contributed by atoms with Gasteiger partial charge in [-0.1, -0.05) is 57.2 Å². The molecule has 4 rings (SSSR count). The Bertz CT molecular complexity index is 1220.